The average Bonchev–Trinajstić information content (AvgIpc) is 3.21. The second-order valence-corrected chi connectivity index (χ2v) is 7.57. The van der Waals surface area contributed by atoms with Crippen molar-refractivity contribution < 1.29 is 4.79 Å². The molecule has 0 aliphatic heterocycles. The number of fused-ring (bicyclic) bond motifs is 1. The van der Waals surface area contributed by atoms with Gasteiger partial charge in [-0.15, -0.1) is 0 Å². The molecular formula is C20H19N5OS. The van der Waals surface area contributed by atoms with Crippen LogP contribution in [0.2, 0.25) is 0 Å². The van der Waals surface area contributed by atoms with E-state index in [4.69, 9.17) is 0 Å². The Morgan fingerprint density at radius 3 is 2.44 bits per heavy atom. The fourth-order valence-corrected chi connectivity index (χ4v) is 3.63. The Morgan fingerprint density at radius 2 is 1.78 bits per heavy atom. The summed E-state index contributed by atoms with van der Waals surface area (Å²) in [6.07, 6.45) is 1.82. The molecule has 0 atom stereocenters. The molecule has 4 aromatic rings. The molecule has 136 valence electrons. The standard InChI is InChI=1S/C20H19N5OS/c1-13-22-20-21-12-18(25(20)27-13)14-4-8-16(9-5-14)23-19(26)15-6-10-17(11-7-15)24(2)3/h4-12H,1-3H3,(H,23,26). The highest BCUT2D eigenvalue weighted by Gasteiger charge is 2.11. The van der Waals surface area contributed by atoms with Crippen LogP contribution in [0.1, 0.15) is 15.4 Å². The Hall–Kier alpha value is -3.19. The molecule has 0 radical (unpaired) electrons. The van der Waals surface area contributed by atoms with Gasteiger partial charge in [-0.1, -0.05) is 12.1 Å². The first-order chi connectivity index (χ1) is 13.0. The summed E-state index contributed by atoms with van der Waals surface area (Å²) in [6.45, 7) is 1.97. The molecule has 1 N–H and O–H groups in total. The summed E-state index contributed by atoms with van der Waals surface area (Å²) in [5, 5.41) is 3.91. The number of rotatable bonds is 4. The van der Waals surface area contributed by atoms with E-state index in [0.717, 1.165) is 27.6 Å². The molecule has 2 heterocycles. The van der Waals surface area contributed by atoms with Crippen molar-refractivity contribution in [2.45, 2.75) is 6.92 Å². The second kappa shape index (κ2) is 6.85. The summed E-state index contributed by atoms with van der Waals surface area (Å²) in [5.41, 5.74) is 4.46. The van der Waals surface area contributed by atoms with Crippen LogP contribution in [-0.2, 0) is 0 Å². The zero-order chi connectivity index (χ0) is 19.0. The molecule has 6 nitrogen and oxygen atoms in total. The number of carbonyl (C=O) groups is 1. The van der Waals surface area contributed by atoms with E-state index in [1.165, 1.54) is 0 Å². The van der Waals surface area contributed by atoms with Gasteiger partial charge in [0.2, 0.25) is 5.78 Å². The van der Waals surface area contributed by atoms with Crippen LogP contribution in [0.3, 0.4) is 0 Å². The van der Waals surface area contributed by atoms with Crippen molar-refractivity contribution in [1.82, 2.24) is 13.8 Å². The minimum Gasteiger partial charge on any atom is -0.378 e. The van der Waals surface area contributed by atoms with Gasteiger partial charge in [0.05, 0.1) is 11.9 Å². The van der Waals surface area contributed by atoms with Crippen LogP contribution >= 0.6 is 11.5 Å². The highest BCUT2D eigenvalue weighted by atomic mass is 32.1. The molecule has 0 unspecified atom stereocenters. The zero-order valence-electron chi connectivity index (χ0n) is 15.3. The van der Waals surface area contributed by atoms with Crippen molar-refractivity contribution in [2.75, 3.05) is 24.3 Å². The van der Waals surface area contributed by atoms with E-state index >= 15 is 0 Å². The van der Waals surface area contributed by atoms with Crippen molar-refractivity contribution in [3.05, 3.63) is 65.3 Å². The topological polar surface area (TPSA) is 62.5 Å². The van der Waals surface area contributed by atoms with Crippen LogP contribution in [0.4, 0.5) is 11.4 Å². The number of imidazole rings is 1. The lowest BCUT2D eigenvalue weighted by Crippen LogP contribution is -2.13. The van der Waals surface area contributed by atoms with Gasteiger partial charge >= 0.3 is 0 Å². The Balaban J connectivity index is 1.51. The largest absolute Gasteiger partial charge is 0.378 e. The molecule has 4 rings (SSSR count). The summed E-state index contributed by atoms with van der Waals surface area (Å²) >= 11 is 1.57. The molecule has 27 heavy (non-hydrogen) atoms. The van der Waals surface area contributed by atoms with Crippen molar-refractivity contribution in [2.24, 2.45) is 0 Å². The molecule has 0 saturated heterocycles. The summed E-state index contributed by atoms with van der Waals surface area (Å²) < 4.78 is 2.01. The Morgan fingerprint density at radius 1 is 1.07 bits per heavy atom. The summed E-state index contributed by atoms with van der Waals surface area (Å²) in [6, 6.07) is 15.3. The van der Waals surface area contributed by atoms with Crippen LogP contribution in [0, 0.1) is 6.92 Å². The fourth-order valence-electron chi connectivity index (χ4n) is 2.82. The van der Waals surface area contributed by atoms with Gasteiger partial charge in [-0.05, 0) is 54.9 Å². The van der Waals surface area contributed by atoms with Gasteiger partial charge in [-0.25, -0.2) is 13.8 Å². The predicted molar refractivity (Wildman–Crippen MR) is 110 cm³/mol. The number of anilines is 2. The minimum atomic E-state index is -0.127. The lowest BCUT2D eigenvalue weighted by molar-refractivity contribution is 0.102. The van der Waals surface area contributed by atoms with Crippen molar-refractivity contribution in [1.29, 1.82) is 0 Å². The van der Waals surface area contributed by atoms with E-state index < -0.39 is 0 Å². The van der Waals surface area contributed by atoms with Crippen LogP contribution < -0.4 is 10.2 Å². The molecule has 2 aromatic carbocycles. The van der Waals surface area contributed by atoms with Gasteiger partial charge in [0, 0.05) is 36.6 Å². The number of aryl methyl sites for hydroxylation is 1. The Labute approximate surface area is 161 Å². The molecule has 0 bridgehead atoms. The molecular weight excluding hydrogens is 358 g/mol. The molecule has 0 spiro atoms. The van der Waals surface area contributed by atoms with Crippen molar-refractivity contribution >= 4 is 34.6 Å². The molecule has 1 amide bonds. The van der Waals surface area contributed by atoms with Gasteiger partial charge in [-0.2, -0.15) is 0 Å². The second-order valence-electron chi connectivity index (χ2n) is 6.43. The number of benzene rings is 2. The first-order valence-electron chi connectivity index (χ1n) is 8.52. The van der Waals surface area contributed by atoms with Gasteiger partial charge in [0.1, 0.15) is 5.01 Å². The van der Waals surface area contributed by atoms with Crippen LogP contribution in [0.5, 0.6) is 0 Å². The summed E-state index contributed by atoms with van der Waals surface area (Å²) in [4.78, 5) is 23.2. The molecule has 0 saturated carbocycles. The predicted octanol–water partition coefficient (Wildman–Crippen LogP) is 4.08. The van der Waals surface area contributed by atoms with Gasteiger partial charge in [0.25, 0.3) is 5.91 Å². The van der Waals surface area contributed by atoms with E-state index in [1.807, 2.05) is 84.4 Å². The number of nitrogens with zero attached hydrogens (tertiary/aromatic N) is 4. The minimum absolute atomic E-state index is 0.127. The summed E-state index contributed by atoms with van der Waals surface area (Å²) in [5.74, 6) is 0.587. The number of carbonyl (C=O) groups excluding carboxylic acids is 1. The van der Waals surface area contributed by atoms with Gasteiger partial charge < -0.3 is 10.2 Å². The third kappa shape index (κ3) is 3.41. The first kappa shape index (κ1) is 17.2. The number of aromatic nitrogens is 3. The van der Waals surface area contributed by atoms with Gasteiger partial charge in [0.15, 0.2) is 0 Å². The molecule has 7 heteroatoms. The van der Waals surface area contributed by atoms with Crippen molar-refractivity contribution in [3.63, 3.8) is 0 Å². The first-order valence-corrected chi connectivity index (χ1v) is 9.29. The maximum Gasteiger partial charge on any atom is 0.255 e. The van der Waals surface area contributed by atoms with Crippen LogP contribution in [0.15, 0.2) is 54.7 Å². The number of amides is 1. The van der Waals surface area contributed by atoms with E-state index in [-0.39, 0.29) is 5.91 Å². The van der Waals surface area contributed by atoms with E-state index in [0.29, 0.717) is 11.3 Å². The lowest BCUT2D eigenvalue weighted by Gasteiger charge is -2.12. The highest BCUT2D eigenvalue weighted by Crippen LogP contribution is 2.25. The molecule has 0 fully saturated rings. The smallest absolute Gasteiger partial charge is 0.255 e. The monoisotopic (exact) mass is 377 g/mol. The number of nitrogens with one attached hydrogen (secondary N) is 1. The van der Waals surface area contributed by atoms with Crippen LogP contribution in [0.25, 0.3) is 17.0 Å². The van der Waals surface area contributed by atoms with Crippen molar-refractivity contribution in [3.8, 4) is 11.3 Å². The fraction of sp³-hybridized carbons (Fsp3) is 0.150. The number of hydrogen-bond donors (Lipinski definition) is 1. The van der Waals surface area contributed by atoms with Crippen LogP contribution in [-0.4, -0.2) is 33.8 Å². The SMILES string of the molecule is Cc1nc2ncc(-c3ccc(NC(=O)c4ccc(N(C)C)cc4)cc3)n2s1. The van der Waals surface area contributed by atoms with E-state index in [2.05, 4.69) is 15.3 Å². The third-order valence-electron chi connectivity index (χ3n) is 4.27. The van der Waals surface area contributed by atoms with Gasteiger partial charge in [-0.3, -0.25) is 4.79 Å². The molecule has 2 aromatic heterocycles. The zero-order valence-corrected chi connectivity index (χ0v) is 16.1. The summed E-state index contributed by atoms with van der Waals surface area (Å²) in [7, 11) is 3.94. The number of hydrogen-bond acceptors (Lipinski definition) is 5. The normalized spacial score (nSPS) is 10.9. The maximum absolute atomic E-state index is 12.4. The quantitative estimate of drug-likeness (QED) is 0.582. The van der Waals surface area contributed by atoms with E-state index in [9.17, 15) is 4.79 Å². The van der Waals surface area contributed by atoms with E-state index in [1.54, 1.807) is 11.5 Å². The lowest BCUT2D eigenvalue weighted by atomic mass is 10.1. The Kier molecular flexibility index (Phi) is 4.37. The average molecular weight is 377 g/mol. The molecule has 0 aliphatic carbocycles. The highest BCUT2D eigenvalue weighted by molar-refractivity contribution is 7.06. The third-order valence-corrected chi connectivity index (χ3v) is 5.17. The maximum atomic E-state index is 12.4. The molecule has 0 aliphatic rings. The Bertz CT molecular complexity index is 1090.